The zero-order valence-corrected chi connectivity index (χ0v) is 16.9. The molecule has 0 amide bonds. The lowest BCUT2D eigenvalue weighted by Gasteiger charge is -2.43. The summed E-state index contributed by atoms with van der Waals surface area (Å²) in [5.74, 6) is -1.82. The molecule has 10 nitrogen and oxygen atoms in total. The smallest absolute Gasteiger partial charge is 0.303 e. The van der Waals surface area contributed by atoms with E-state index in [1.54, 1.807) is 0 Å². The maximum absolute atomic E-state index is 11.7. The molecule has 0 radical (unpaired) electrons. The molecule has 1 fully saturated rings. The molecular weight excluding hydrogens is 402 g/mol. The molecule has 5 atom stereocenters. The molecule has 1 saturated heterocycles. The van der Waals surface area contributed by atoms with Gasteiger partial charge < -0.3 is 18.9 Å². The van der Waals surface area contributed by atoms with Crippen LogP contribution in [0, 0.1) is 0 Å². The minimum atomic E-state index is -1.11. The van der Waals surface area contributed by atoms with Gasteiger partial charge in [0.2, 0.25) is 0 Å². The van der Waals surface area contributed by atoms with E-state index in [0.717, 1.165) is 4.90 Å². The maximum Gasteiger partial charge on any atom is 0.303 e. The number of hydrogen-bond donors (Lipinski definition) is 0. The fourth-order valence-corrected chi connectivity index (χ4v) is 3.93. The molecule has 156 valence electrons. The largest absolute Gasteiger partial charge is 0.463 e. The van der Waals surface area contributed by atoms with Crippen molar-refractivity contribution in [1.82, 2.24) is 0 Å². The van der Waals surface area contributed by atoms with Gasteiger partial charge in [0.25, 0.3) is 0 Å². The standard InChI is InChI=1S/C18H21N3O7S/c1-10(22)25-9-14-16(26-11(2)23)15(20-21-19)17(27-12(3)24)18(28-14)29-13-7-5-4-6-8-13/h4-8,14-18H,9H2,1-3H3/t14?,15?,16-,17?,18+/m0/s1. The molecular formula is C18H21N3O7S. The highest BCUT2D eigenvalue weighted by molar-refractivity contribution is 7.99. The van der Waals surface area contributed by atoms with E-state index in [1.165, 1.54) is 32.5 Å². The van der Waals surface area contributed by atoms with Gasteiger partial charge in [-0.05, 0) is 17.7 Å². The predicted octanol–water partition coefficient (Wildman–Crippen LogP) is 2.61. The quantitative estimate of drug-likeness (QED) is 0.214. The van der Waals surface area contributed by atoms with Gasteiger partial charge in [-0.15, -0.1) is 0 Å². The summed E-state index contributed by atoms with van der Waals surface area (Å²) in [5, 5.41) is 3.71. The lowest BCUT2D eigenvalue weighted by atomic mass is 9.97. The monoisotopic (exact) mass is 423 g/mol. The van der Waals surface area contributed by atoms with E-state index < -0.39 is 47.7 Å². The maximum atomic E-state index is 11.7. The van der Waals surface area contributed by atoms with Crippen LogP contribution in [0.3, 0.4) is 0 Å². The van der Waals surface area contributed by atoms with Crippen LogP contribution < -0.4 is 0 Å². The molecule has 1 heterocycles. The van der Waals surface area contributed by atoms with Crippen molar-refractivity contribution in [1.29, 1.82) is 0 Å². The van der Waals surface area contributed by atoms with Gasteiger partial charge in [-0.25, -0.2) is 0 Å². The molecule has 1 aliphatic rings. The van der Waals surface area contributed by atoms with E-state index >= 15 is 0 Å². The Morgan fingerprint density at radius 3 is 2.24 bits per heavy atom. The molecule has 29 heavy (non-hydrogen) atoms. The summed E-state index contributed by atoms with van der Waals surface area (Å²) in [6, 6.07) is 8.09. The van der Waals surface area contributed by atoms with Crippen LogP contribution in [0.1, 0.15) is 20.8 Å². The number of carbonyl (C=O) groups is 3. The molecule has 2 rings (SSSR count). The van der Waals surface area contributed by atoms with Gasteiger partial charge in [0.1, 0.15) is 36.4 Å². The summed E-state index contributed by atoms with van der Waals surface area (Å²) >= 11 is 1.24. The zero-order chi connectivity index (χ0) is 21.4. The summed E-state index contributed by atoms with van der Waals surface area (Å²) in [5.41, 5.74) is 8.25. The lowest BCUT2D eigenvalue weighted by Crippen LogP contribution is -2.59. The van der Waals surface area contributed by atoms with Crippen molar-refractivity contribution < 1.29 is 33.3 Å². The van der Waals surface area contributed by atoms with E-state index in [-0.39, 0.29) is 6.61 Å². The van der Waals surface area contributed by atoms with Crippen LogP contribution in [0.2, 0.25) is 0 Å². The lowest BCUT2D eigenvalue weighted by molar-refractivity contribution is -0.201. The van der Waals surface area contributed by atoms with Crippen molar-refractivity contribution in [2.45, 2.75) is 55.5 Å². The topological polar surface area (TPSA) is 137 Å². The Balaban J connectivity index is 2.41. The van der Waals surface area contributed by atoms with E-state index in [4.69, 9.17) is 24.5 Å². The van der Waals surface area contributed by atoms with Crippen molar-refractivity contribution in [2.75, 3.05) is 6.61 Å². The average Bonchev–Trinajstić information content (AvgIpc) is 2.65. The van der Waals surface area contributed by atoms with Crippen molar-refractivity contribution in [2.24, 2.45) is 5.11 Å². The minimum Gasteiger partial charge on any atom is -0.463 e. The second-order valence-corrected chi connectivity index (χ2v) is 7.29. The summed E-state index contributed by atoms with van der Waals surface area (Å²) in [4.78, 5) is 38.2. The van der Waals surface area contributed by atoms with Crippen molar-refractivity contribution in [3.05, 3.63) is 40.8 Å². The second-order valence-electron chi connectivity index (χ2n) is 6.12. The number of esters is 3. The fourth-order valence-electron chi connectivity index (χ4n) is 2.80. The summed E-state index contributed by atoms with van der Waals surface area (Å²) < 4.78 is 21.7. The van der Waals surface area contributed by atoms with E-state index in [2.05, 4.69) is 10.0 Å². The third-order valence-corrected chi connectivity index (χ3v) is 5.01. The van der Waals surface area contributed by atoms with Gasteiger partial charge in [0.05, 0.1) is 0 Å². The van der Waals surface area contributed by atoms with Gasteiger partial charge in [0, 0.05) is 30.6 Å². The molecule has 1 aromatic rings. The van der Waals surface area contributed by atoms with Crippen LogP contribution in [0.5, 0.6) is 0 Å². The van der Waals surface area contributed by atoms with E-state index in [9.17, 15) is 14.4 Å². The minimum absolute atomic E-state index is 0.233. The number of benzene rings is 1. The van der Waals surface area contributed by atoms with Crippen LogP contribution in [-0.4, -0.2) is 54.3 Å². The van der Waals surface area contributed by atoms with Crippen molar-refractivity contribution in [3.8, 4) is 0 Å². The van der Waals surface area contributed by atoms with E-state index in [1.807, 2.05) is 30.3 Å². The van der Waals surface area contributed by atoms with Gasteiger partial charge in [0.15, 0.2) is 0 Å². The molecule has 0 spiro atoms. The third kappa shape index (κ3) is 6.67. The van der Waals surface area contributed by atoms with Crippen LogP contribution in [-0.2, 0) is 33.3 Å². The Hall–Kier alpha value is -2.75. The van der Waals surface area contributed by atoms with Crippen LogP contribution >= 0.6 is 11.8 Å². The molecule has 1 aliphatic heterocycles. The first-order valence-corrected chi connectivity index (χ1v) is 9.59. The first kappa shape index (κ1) is 22.5. The Morgan fingerprint density at radius 1 is 1.07 bits per heavy atom. The Kier molecular flexibility index (Phi) is 8.32. The number of nitrogens with zero attached hydrogens (tertiary/aromatic N) is 3. The highest BCUT2D eigenvalue weighted by Gasteiger charge is 2.50. The molecule has 0 bridgehead atoms. The molecule has 0 N–H and O–H groups in total. The van der Waals surface area contributed by atoms with Crippen LogP contribution in [0.15, 0.2) is 40.3 Å². The Morgan fingerprint density at radius 2 is 1.69 bits per heavy atom. The molecule has 0 saturated carbocycles. The normalized spacial score (nSPS) is 26.0. The zero-order valence-electron chi connectivity index (χ0n) is 16.1. The summed E-state index contributed by atoms with van der Waals surface area (Å²) in [6.45, 7) is 3.39. The molecule has 3 unspecified atom stereocenters. The second kappa shape index (κ2) is 10.7. The fraction of sp³-hybridized carbons (Fsp3) is 0.500. The molecule has 0 aromatic heterocycles. The Labute approximate surface area is 171 Å². The number of carbonyl (C=O) groups excluding carboxylic acids is 3. The SMILES string of the molecule is CC(=O)OCC1O[C@H](Sc2ccccc2)C(OC(C)=O)C(N=[N+]=[N-])[C@H]1OC(C)=O. The third-order valence-electron chi connectivity index (χ3n) is 3.85. The van der Waals surface area contributed by atoms with Gasteiger partial charge in [-0.2, -0.15) is 0 Å². The number of thioether (sulfide) groups is 1. The van der Waals surface area contributed by atoms with Gasteiger partial charge in [-0.3, -0.25) is 14.4 Å². The number of hydrogen-bond acceptors (Lipinski definition) is 9. The first-order valence-electron chi connectivity index (χ1n) is 8.71. The summed E-state index contributed by atoms with van der Waals surface area (Å²) in [6.07, 6.45) is -3.07. The molecule has 1 aromatic carbocycles. The van der Waals surface area contributed by atoms with Crippen LogP contribution in [0.25, 0.3) is 10.4 Å². The van der Waals surface area contributed by atoms with Crippen molar-refractivity contribution >= 4 is 29.7 Å². The van der Waals surface area contributed by atoms with Crippen LogP contribution in [0.4, 0.5) is 0 Å². The predicted molar refractivity (Wildman–Crippen MR) is 102 cm³/mol. The number of rotatable bonds is 7. The number of azide groups is 1. The molecule has 11 heteroatoms. The number of ether oxygens (including phenoxy) is 4. The van der Waals surface area contributed by atoms with Gasteiger partial charge >= 0.3 is 17.9 Å². The van der Waals surface area contributed by atoms with Crippen molar-refractivity contribution in [3.63, 3.8) is 0 Å². The van der Waals surface area contributed by atoms with Gasteiger partial charge in [-0.1, -0.05) is 35.1 Å². The molecule has 0 aliphatic carbocycles. The Bertz CT molecular complexity index is 785. The average molecular weight is 423 g/mol. The highest BCUT2D eigenvalue weighted by Crippen LogP contribution is 2.37. The highest BCUT2D eigenvalue weighted by atomic mass is 32.2. The summed E-state index contributed by atoms with van der Waals surface area (Å²) in [7, 11) is 0. The van der Waals surface area contributed by atoms with E-state index in [0.29, 0.717) is 0 Å². The first-order chi connectivity index (χ1) is 13.8.